The molecule has 1 aliphatic heterocycles. The van der Waals surface area contributed by atoms with Gasteiger partial charge >= 0.3 is 6.18 Å². The second-order valence-electron chi connectivity index (χ2n) is 6.04. The van der Waals surface area contributed by atoms with E-state index >= 15 is 0 Å². The van der Waals surface area contributed by atoms with Gasteiger partial charge in [-0.05, 0) is 25.0 Å². The highest BCUT2D eigenvalue weighted by molar-refractivity contribution is 5.93. The number of carbonyl (C=O) groups is 2. The van der Waals surface area contributed by atoms with Gasteiger partial charge in [0.15, 0.2) is 0 Å². The number of pyridine rings is 1. The first-order chi connectivity index (χ1) is 11.8. The molecular weight excluding hydrogens is 337 g/mol. The number of aromatic nitrogens is 2. The zero-order valence-electron chi connectivity index (χ0n) is 13.5. The number of carbonyl (C=O) groups excluding carboxylic acids is 2. The summed E-state index contributed by atoms with van der Waals surface area (Å²) in [6.45, 7) is 0.945. The van der Waals surface area contributed by atoms with Gasteiger partial charge in [0.2, 0.25) is 5.91 Å². The van der Waals surface area contributed by atoms with Crippen LogP contribution >= 0.6 is 0 Å². The number of alkyl halides is 3. The average molecular weight is 354 g/mol. The van der Waals surface area contributed by atoms with Crippen LogP contribution in [0.2, 0.25) is 0 Å². The van der Waals surface area contributed by atoms with Crippen molar-refractivity contribution >= 4 is 17.5 Å². The highest BCUT2D eigenvalue weighted by Gasteiger charge is 2.47. The van der Waals surface area contributed by atoms with Gasteiger partial charge < -0.3 is 10.2 Å². The molecule has 0 bridgehead atoms. The zero-order valence-corrected chi connectivity index (χ0v) is 13.5. The first kappa shape index (κ1) is 17.2. The van der Waals surface area contributed by atoms with E-state index in [2.05, 4.69) is 10.3 Å². The third kappa shape index (κ3) is 3.45. The Bertz CT molecular complexity index is 802. The van der Waals surface area contributed by atoms with Crippen molar-refractivity contribution in [2.75, 3.05) is 6.54 Å². The molecule has 6 nitrogen and oxygen atoms in total. The fourth-order valence-corrected chi connectivity index (χ4v) is 3.17. The molecule has 134 valence electrons. The molecule has 25 heavy (non-hydrogen) atoms. The lowest BCUT2D eigenvalue weighted by Crippen LogP contribution is -2.57. The number of hydrogen-bond acceptors (Lipinski definition) is 3. The number of fused-ring (bicyclic) bond motifs is 1. The fourth-order valence-electron chi connectivity index (χ4n) is 3.17. The molecule has 2 aromatic heterocycles. The second-order valence-corrected chi connectivity index (χ2v) is 6.04. The maximum Gasteiger partial charge on any atom is 0.408 e. The number of piperidine rings is 1. The Hall–Kier alpha value is -2.58. The third-order valence-electron chi connectivity index (χ3n) is 4.36. The molecule has 3 heterocycles. The maximum atomic E-state index is 13.1. The van der Waals surface area contributed by atoms with Gasteiger partial charge in [-0.3, -0.25) is 14.0 Å². The molecule has 9 heteroatoms. The van der Waals surface area contributed by atoms with Gasteiger partial charge in [0.05, 0.1) is 0 Å². The van der Waals surface area contributed by atoms with E-state index in [1.54, 1.807) is 35.0 Å². The smallest absolute Gasteiger partial charge is 0.346 e. The Balaban J connectivity index is 1.74. The van der Waals surface area contributed by atoms with E-state index in [4.69, 9.17) is 0 Å². The molecule has 1 fully saturated rings. The van der Waals surface area contributed by atoms with Gasteiger partial charge in [-0.1, -0.05) is 6.07 Å². The van der Waals surface area contributed by atoms with E-state index in [1.165, 1.54) is 0 Å². The van der Waals surface area contributed by atoms with Gasteiger partial charge in [0.25, 0.3) is 5.91 Å². The molecule has 1 saturated heterocycles. The van der Waals surface area contributed by atoms with Gasteiger partial charge in [0.1, 0.15) is 17.4 Å². The Labute approximate surface area is 141 Å². The summed E-state index contributed by atoms with van der Waals surface area (Å²) >= 11 is 0. The largest absolute Gasteiger partial charge is 0.408 e. The summed E-state index contributed by atoms with van der Waals surface area (Å²) in [5.41, 5.74) is 0.932. The number of nitrogens with one attached hydrogen (secondary N) is 1. The quantitative estimate of drug-likeness (QED) is 0.897. The van der Waals surface area contributed by atoms with Crippen molar-refractivity contribution in [1.29, 1.82) is 0 Å². The van der Waals surface area contributed by atoms with Crippen molar-refractivity contribution in [2.24, 2.45) is 0 Å². The number of imidazole rings is 1. The normalized spacial score (nSPS) is 21.4. The lowest BCUT2D eigenvalue weighted by Gasteiger charge is -2.40. The zero-order chi connectivity index (χ0) is 18.2. The second kappa shape index (κ2) is 6.38. The maximum absolute atomic E-state index is 13.1. The fraction of sp³-hybridized carbons (Fsp3) is 0.438. The molecule has 0 aromatic carbocycles. The van der Waals surface area contributed by atoms with Gasteiger partial charge in [-0.15, -0.1) is 0 Å². The highest BCUT2D eigenvalue weighted by Crippen LogP contribution is 2.32. The molecule has 1 N–H and O–H groups in total. The van der Waals surface area contributed by atoms with Crippen molar-refractivity contribution in [3.05, 3.63) is 36.3 Å². The SMILES string of the molecule is CC(=O)N1CC(NC(=O)c2cccc3nccn23)CCC1C(F)(F)F. The van der Waals surface area contributed by atoms with Gasteiger partial charge in [-0.2, -0.15) is 13.2 Å². The number of likely N-dealkylation sites (tertiary alicyclic amines) is 1. The van der Waals surface area contributed by atoms with E-state index in [0.717, 1.165) is 11.8 Å². The topological polar surface area (TPSA) is 66.7 Å². The lowest BCUT2D eigenvalue weighted by atomic mass is 9.97. The van der Waals surface area contributed by atoms with Crippen LogP contribution in [0.15, 0.2) is 30.6 Å². The standard InChI is InChI=1S/C16H17F3N4O2/c1-10(24)23-9-11(5-6-13(23)16(17,18)19)21-15(25)12-3-2-4-14-20-7-8-22(12)14/h2-4,7-8,11,13H,5-6,9H2,1H3,(H,21,25). The summed E-state index contributed by atoms with van der Waals surface area (Å²) < 4.78 is 40.8. The summed E-state index contributed by atoms with van der Waals surface area (Å²) in [5.74, 6) is -1.07. The number of halogens is 3. The summed E-state index contributed by atoms with van der Waals surface area (Å²) in [6, 6.07) is 2.69. The Morgan fingerprint density at radius 2 is 2.04 bits per heavy atom. The molecule has 2 aromatic rings. The first-order valence-electron chi connectivity index (χ1n) is 7.84. The number of rotatable bonds is 2. The van der Waals surface area contributed by atoms with E-state index < -0.39 is 30.1 Å². The number of amides is 2. The van der Waals surface area contributed by atoms with Crippen molar-refractivity contribution in [3.8, 4) is 0 Å². The van der Waals surface area contributed by atoms with E-state index in [1.807, 2.05) is 0 Å². The third-order valence-corrected chi connectivity index (χ3v) is 4.36. The van der Waals surface area contributed by atoms with Crippen molar-refractivity contribution in [1.82, 2.24) is 19.6 Å². The summed E-state index contributed by atoms with van der Waals surface area (Å²) in [7, 11) is 0. The predicted molar refractivity (Wildman–Crippen MR) is 82.9 cm³/mol. The molecule has 2 atom stereocenters. The molecule has 3 rings (SSSR count). The van der Waals surface area contributed by atoms with Crippen LogP contribution in [0.3, 0.4) is 0 Å². The Kier molecular flexibility index (Phi) is 4.40. The molecule has 0 radical (unpaired) electrons. The predicted octanol–water partition coefficient (Wildman–Crippen LogP) is 2.01. The average Bonchev–Trinajstić information content (AvgIpc) is 3.02. The van der Waals surface area contributed by atoms with Crippen LogP contribution < -0.4 is 5.32 Å². The molecule has 0 aliphatic carbocycles. The van der Waals surface area contributed by atoms with Crippen LogP contribution in [0.1, 0.15) is 30.3 Å². The summed E-state index contributed by atoms with van der Waals surface area (Å²) in [5, 5.41) is 2.73. The number of nitrogens with zero attached hydrogens (tertiary/aromatic N) is 3. The minimum atomic E-state index is -4.47. The summed E-state index contributed by atoms with van der Waals surface area (Å²) in [4.78, 5) is 29.0. The number of hydrogen-bond donors (Lipinski definition) is 1. The van der Waals surface area contributed by atoms with E-state index in [-0.39, 0.29) is 19.4 Å². The van der Waals surface area contributed by atoms with Crippen molar-refractivity contribution < 1.29 is 22.8 Å². The van der Waals surface area contributed by atoms with Crippen LogP contribution in [0, 0.1) is 0 Å². The molecule has 2 amide bonds. The Morgan fingerprint density at radius 1 is 1.28 bits per heavy atom. The Morgan fingerprint density at radius 3 is 2.72 bits per heavy atom. The van der Waals surface area contributed by atoms with Crippen LogP contribution in [0.25, 0.3) is 5.65 Å². The monoisotopic (exact) mass is 354 g/mol. The van der Waals surface area contributed by atoms with E-state index in [9.17, 15) is 22.8 Å². The van der Waals surface area contributed by atoms with Crippen LogP contribution in [0.4, 0.5) is 13.2 Å². The molecular formula is C16H17F3N4O2. The molecule has 1 aliphatic rings. The van der Waals surface area contributed by atoms with E-state index in [0.29, 0.717) is 11.3 Å². The van der Waals surface area contributed by atoms with Gasteiger partial charge in [0, 0.05) is 31.9 Å². The van der Waals surface area contributed by atoms with Crippen molar-refractivity contribution in [3.63, 3.8) is 0 Å². The minimum absolute atomic E-state index is 0.152. The van der Waals surface area contributed by atoms with Gasteiger partial charge in [-0.25, -0.2) is 4.98 Å². The van der Waals surface area contributed by atoms with Crippen LogP contribution in [0.5, 0.6) is 0 Å². The van der Waals surface area contributed by atoms with Crippen LogP contribution in [-0.2, 0) is 4.79 Å². The van der Waals surface area contributed by atoms with Crippen molar-refractivity contribution in [2.45, 2.75) is 38.0 Å². The molecule has 0 saturated carbocycles. The summed E-state index contributed by atoms with van der Waals surface area (Å²) in [6.07, 6.45) is -1.36. The molecule has 0 spiro atoms. The van der Waals surface area contributed by atoms with Crippen LogP contribution in [-0.4, -0.2) is 50.9 Å². The minimum Gasteiger partial charge on any atom is -0.346 e. The molecule has 2 unspecified atom stereocenters. The lowest BCUT2D eigenvalue weighted by molar-refractivity contribution is -0.196. The highest BCUT2D eigenvalue weighted by atomic mass is 19.4. The first-order valence-corrected chi connectivity index (χ1v) is 7.84.